The lowest BCUT2D eigenvalue weighted by Crippen LogP contribution is -2.39. The Balaban J connectivity index is 1.48. The Morgan fingerprint density at radius 2 is 1.78 bits per heavy atom. The lowest BCUT2D eigenvalue weighted by Gasteiger charge is -2.42. The van der Waals surface area contributed by atoms with Gasteiger partial charge in [0.25, 0.3) is 0 Å². The van der Waals surface area contributed by atoms with Crippen molar-refractivity contribution in [2.75, 3.05) is 12.0 Å². The van der Waals surface area contributed by atoms with E-state index in [0.717, 1.165) is 17.0 Å². The van der Waals surface area contributed by atoms with Crippen molar-refractivity contribution in [1.29, 1.82) is 0 Å². The number of nitrogens with zero attached hydrogens (tertiary/aromatic N) is 1. The summed E-state index contributed by atoms with van der Waals surface area (Å²) in [6.07, 6.45) is 3.34. The summed E-state index contributed by atoms with van der Waals surface area (Å²) in [5.41, 5.74) is 1.46. The van der Waals surface area contributed by atoms with Crippen LogP contribution in [-0.4, -0.2) is 51.8 Å². The largest absolute Gasteiger partial charge is 0.507 e. The van der Waals surface area contributed by atoms with Gasteiger partial charge in [-0.3, -0.25) is 19.2 Å². The van der Waals surface area contributed by atoms with Crippen LogP contribution in [0, 0.1) is 17.8 Å². The van der Waals surface area contributed by atoms with E-state index in [0.29, 0.717) is 11.1 Å². The molecule has 0 saturated carbocycles. The van der Waals surface area contributed by atoms with Gasteiger partial charge in [0.2, 0.25) is 11.8 Å². The average molecular weight is 556 g/mol. The fraction of sp³-hybridized carbons (Fsp3) is 0.258. The first-order chi connectivity index (χ1) is 19.5. The number of imide groups is 1. The zero-order valence-corrected chi connectivity index (χ0v) is 22.1. The summed E-state index contributed by atoms with van der Waals surface area (Å²) >= 11 is 0. The highest BCUT2D eigenvalue weighted by Gasteiger charge is 2.57. The van der Waals surface area contributed by atoms with Crippen molar-refractivity contribution in [1.82, 2.24) is 0 Å². The highest BCUT2D eigenvalue weighted by molar-refractivity contribution is 6.25. The molecule has 0 aromatic heterocycles. The number of ether oxygens (including phenoxy) is 1. The molecule has 0 spiro atoms. The molecule has 4 atom stereocenters. The lowest BCUT2D eigenvalue weighted by molar-refractivity contribution is -0.123. The zero-order chi connectivity index (χ0) is 29.3. The van der Waals surface area contributed by atoms with Crippen molar-refractivity contribution in [3.63, 3.8) is 0 Å². The van der Waals surface area contributed by atoms with E-state index in [1.54, 1.807) is 25.1 Å². The Bertz CT molecular complexity index is 1690. The van der Waals surface area contributed by atoms with Gasteiger partial charge in [0, 0.05) is 34.3 Å². The van der Waals surface area contributed by atoms with Crippen LogP contribution in [-0.2, 0) is 19.2 Å². The number of carbonyl (C=O) groups excluding carboxylic acids is 4. The Morgan fingerprint density at radius 3 is 2.46 bits per heavy atom. The number of ketones is 2. The third kappa shape index (κ3) is 3.74. The molecule has 2 aromatic carbocycles. The van der Waals surface area contributed by atoms with E-state index in [4.69, 9.17) is 4.74 Å². The molecule has 41 heavy (non-hydrogen) atoms. The molecule has 0 radical (unpaired) electrons. The average Bonchev–Trinajstić information content (AvgIpc) is 3.20. The molecular weight excluding hydrogens is 530 g/mol. The van der Waals surface area contributed by atoms with E-state index in [2.05, 4.69) is 0 Å². The van der Waals surface area contributed by atoms with Crippen LogP contribution >= 0.6 is 0 Å². The summed E-state index contributed by atoms with van der Waals surface area (Å²) in [5.74, 6) is -6.75. The maximum Gasteiger partial charge on any atom is 0.339 e. The topological polar surface area (TPSA) is 159 Å². The lowest BCUT2D eigenvalue weighted by atomic mass is 9.59. The Labute approximate surface area is 233 Å². The number of carboxylic acid groups (broad SMARTS) is 1. The number of amides is 2. The summed E-state index contributed by atoms with van der Waals surface area (Å²) in [5, 5.41) is 30.6. The van der Waals surface area contributed by atoms with E-state index in [9.17, 15) is 39.3 Å². The number of methoxy groups -OCH3 is 1. The minimum Gasteiger partial charge on any atom is -0.507 e. The number of benzene rings is 2. The SMILES string of the molecule is COc1cccc(C2C3=CCC4C(=O)N(c5ccc(C(=O)O)c(O)c5)C(=O)C4C3CC3=C2C(=O)C(C)=CC3=O)c1O. The molecule has 1 saturated heterocycles. The second-order valence-electron chi connectivity index (χ2n) is 10.6. The number of Topliss-reactive ketones (excluding diaryl/α,β-unsaturated/α-hetero) is 1. The van der Waals surface area contributed by atoms with Crippen LogP contribution in [0.2, 0.25) is 0 Å². The van der Waals surface area contributed by atoms with Gasteiger partial charge in [0.1, 0.15) is 11.3 Å². The number of rotatable bonds is 4. The number of carboxylic acids is 1. The Hall–Kier alpha value is -4.99. The van der Waals surface area contributed by atoms with Crippen molar-refractivity contribution in [3.05, 3.63) is 82.0 Å². The maximum atomic E-state index is 13.9. The van der Waals surface area contributed by atoms with Crippen LogP contribution in [0.25, 0.3) is 0 Å². The van der Waals surface area contributed by atoms with Gasteiger partial charge in [-0.1, -0.05) is 23.8 Å². The van der Waals surface area contributed by atoms with Gasteiger partial charge in [-0.05, 0) is 50.0 Å². The van der Waals surface area contributed by atoms with E-state index in [-0.39, 0.29) is 63.9 Å². The second-order valence-corrected chi connectivity index (χ2v) is 10.6. The van der Waals surface area contributed by atoms with E-state index in [1.165, 1.54) is 19.3 Å². The molecule has 1 heterocycles. The molecule has 208 valence electrons. The number of anilines is 1. The van der Waals surface area contributed by atoms with Crippen LogP contribution in [0.3, 0.4) is 0 Å². The molecule has 2 aromatic rings. The molecule has 1 aliphatic heterocycles. The van der Waals surface area contributed by atoms with Crippen molar-refractivity contribution in [2.24, 2.45) is 17.8 Å². The fourth-order valence-electron chi connectivity index (χ4n) is 6.75. The number of para-hydroxylation sites is 1. The van der Waals surface area contributed by atoms with Crippen LogP contribution in [0.5, 0.6) is 17.2 Å². The Kier molecular flexibility index (Phi) is 5.95. The van der Waals surface area contributed by atoms with Gasteiger partial charge < -0.3 is 20.1 Å². The molecular formula is C31H25NO9. The molecule has 1 fully saturated rings. The molecule has 10 heteroatoms. The number of aromatic carboxylic acids is 1. The number of carbonyl (C=O) groups is 5. The first kappa shape index (κ1) is 26.2. The van der Waals surface area contributed by atoms with E-state index in [1.807, 2.05) is 6.08 Å². The number of allylic oxidation sites excluding steroid dienone is 6. The summed E-state index contributed by atoms with van der Waals surface area (Å²) < 4.78 is 5.30. The highest BCUT2D eigenvalue weighted by atomic mass is 16.5. The van der Waals surface area contributed by atoms with Gasteiger partial charge in [-0.15, -0.1) is 0 Å². The van der Waals surface area contributed by atoms with E-state index >= 15 is 0 Å². The Morgan fingerprint density at radius 1 is 1.02 bits per heavy atom. The molecule has 2 amide bonds. The number of phenolic OH excluding ortho intramolecular Hbond substituents is 1. The van der Waals surface area contributed by atoms with Crippen LogP contribution in [0.15, 0.2) is 70.8 Å². The highest BCUT2D eigenvalue weighted by Crippen LogP contribution is 2.57. The fourth-order valence-corrected chi connectivity index (χ4v) is 6.75. The molecule has 6 rings (SSSR count). The molecule has 4 aliphatic rings. The molecule has 4 unspecified atom stereocenters. The molecule has 10 nitrogen and oxygen atoms in total. The standard InChI is InChI=1S/C31H25NO9/c1-13-10-21(33)20-12-19-15(24(26(20)27(13)35)17-4-3-5-23(41-2)28(17)36)8-9-18-25(19)30(38)32(29(18)37)14-6-7-16(31(39)40)22(34)11-14/h3-8,10-11,18-19,24-25,34,36H,9,12H2,1-2H3,(H,39,40). The third-order valence-corrected chi connectivity index (χ3v) is 8.60. The summed E-state index contributed by atoms with van der Waals surface area (Å²) in [6, 6.07) is 8.37. The summed E-state index contributed by atoms with van der Waals surface area (Å²) in [6.45, 7) is 1.56. The monoisotopic (exact) mass is 555 g/mol. The van der Waals surface area contributed by atoms with Crippen molar-refractivity contribution >= 4 is 35.0 Å². The predicted octanol–water partition coefficient (Wildman–Crippen LogP) is 3.44. The number of phenols is 2. The number of fused-ring (bicyclic) bond motifs is 3. The third-order valence-electron chi connectivity index (χ3n) is 8.60. The van der Waals surface area contributed by atoms with Gasteiger partial charge >= 0.3 is 5.97 Å². The number of hydrogen-bond acceptors (Lipinski definition) is 8. The molecule has 3 N–H and O–H groups in total. The molecule has 3 aliphatic carbocycles. The predicted molar refractivity (Wildman–Crippen MR) is 144 cm³/mol. The number of aromatic hydroxyl groups is 2. The normalized spacial score (nSPS) is 25.4. The first-order valence-electron chi connectivity index (χ1n) is 13.0. The van der Waals surface area contributed by atoms with Gasteiger partial charge in [0.05, 0.1) is 24.6 Å². The second kappa shape index (κ2) is 9.29. The maximum absolute atomic E-state index is 13.9. The van der Waals surface area contributed by atoms with Crippen molar-refractivity contribution in [2.45, 2.75) is 25.7 Å². The minimum absolute atomic E-state index is 0.0404. The first-order valence-corrected chi connectivity index (χ1v) is 13.0. The zero-order valence-electron chi connectivity index (χ0n) is 22.1. The molecule has 0 bridgehead atoms. The van der Waals surface area contributed by atoms with Gasteiger partial charge in [-0.2, -0.15) is 0 Å². The smallest absolute Gasteiger partial charge is 0.339 e. The van der Waals surface area contributed by atoms with Crippen LogP contribution in [0.1, 0.15) is 41.6 Å². The van der Waals surface area contributed by atoms with Crippen molar-refractivity contribution < 1.29 is 44.0 Å². The minimum atomic E-state index is -1.36. The van der Waals surface area contributed by atoms with Crippen LogP contribution in [0.4, 0.5) is 5.69 Å². The van der Waals surface area contributed by atoms with Gasteiger partial charge in [0.15, 0.2) is 23.1 Å². The van der Waals surface area contributed by atoms with Crippen molar-refractivity contribution in [3.8, 4) is 17.2 Å². The van der Waals surface area contributed by atoms with Crippen LogP contribution < -0.4 is 9.64 Å². The van der Waals surface area contributed by atoms with Gasteiger partial charge in [-0.25, -0.2) is 9.69 Å². The van der Waals surface area contributed by atoms with E-state index < -0.39 is 47.2 Å². The quantitative estimate of drug-likeness (QED) is 0.292. The number of hydrogen-bond donors (Lipinski definition) is 3. The summed E-state index contributed by atoms with van der Waals surface area (Å²) in [4.78, 5) is 66.6. The summed E-state index contributed by atoms with van der Waals surface area (Å²) in [7, 11) is 1.40.